The van der Waals surface area contributed by atoms with E-state index in [9.17, 15) is 0 Å². The summed E-state index contributed by atoms with van der Waals surface area (Å²) in [7, 11) is 0. The molecule has 2 N–H and O–H groups in total. The van der Waals surface area contributed by atoms with Gasteiger partial charge in [-0.05, 0) is 25.7 Å². The Kier molecular flexibility index (Phi) is 3.26. The van der Waals surface area contributed by atoms with Crippen molar-refractivity contribution >= 4 is 17.4 Å². The molecule has 15 heavy (non-hydrogen) atoms. The highest BCUT2D eigenvalue weighted by atomic mass is 35.5. The van der Waals surface area contributed by atoms with E-state index in [1.54, 1.807) is 0 Å². The molecule has 82 valence electrons. The van der Waals surface area contributed by atoms with Crippen LogP contribution in [0, 0.1) is 0 Å². The molecule has 0 saturated heterocycles. The molecule has 1 fully saturated rings. The van der Waals surface area contributed by atoms with E-state index in [0.717, 1.165) is 12.8 Å². The van der Waals surface area contributed by atoms with Crippen LogP contribution in [0.25, 0.3) is 0 Å². The van der Waals surface area contributed by atoms with Gasteiger partial charge >= 0.3 is 0 Å². The summed E-state index contributed by atoms with van der Waals surface area (Å²) in [5.74, 6) is 0.688. The largest absolute Gasteiger partial charge is 0.473 e. The average molecular weight is 228 g/mol. The summed E-state index contributed by atoms with van der Waals surface area (Å²) in [4.78, 5) is 7.78. The highest BCUT2D eigenvalue weighted by Crippen LogP contribution is 2.29. The van der Waals surface area contributed by atoms with Gasteiger partial charge in [-0.2, -0.15) is 0 Å². The smallest absolute Gasteiger partial charge is 0.238 e. The Labute approximate surface area is 93.8 Å². The molecule has 1 aromatic heterocycles. The van der Waals surface area contributed by atoms with Gasteiger partial charge in [-0.3, -0.25) is 0 Å². The van der Waals surface area contributed by atoms with Crippen LogP contribution in [0.15, 0.2) is 6.33 Å². The summed E-state index contributed by atoms with van der Waals surface area (Å²) in [5, 5.41) is 0.322. The number of halogens is 1. The Bertz CT molecular complexity index is 339. The number of nitrogens with zero attached hydrogens (tertiary/aromatic N) is 2. The molecule has 0 radical (unpaired) electrons. The number of ether oxygens (including phenoxy) is 1. The summed E-state index contributed by atoms with van der Waals surface area (Å²) in [6.07, 6.45) is 7.45. The number of hydrogen-bond acceptors (Lipinski definition) is 4. The first-order chi connectivity index (χ1) is 7.27. The zero-order chi connectivity index (χ0) is 10.7. The lowest BCUT2D eigenvalue weighted by molar-refractivity contribution is 0.148. The Morgan fingerprint density at radius 1 is 1.27 bits per heavy atom. The third-order valence-corrected chi connectivity index (χ3v) is 2.97. The van der Waals surface area contributed by atoms with Crippen LogP contribution in [0.2, 0.25) is 5.02 Å². The molecule has 2 rings (SSSR count). The molecule has 0 amide bonds. The monoisotopic (exact) mass is 227 g/mol. The molecule has 0 unspecified atom stereocenters. The van der Waals surface area contributed by atoms with E-state index < -0.39 is 0 Å². The third kappa shape index (κ3) is 2.50. The van der Waals surface area contributed by atoms with Gasteiger partial charge < -0.3 is 10.5 Å². The van der Waals surface area contributed by atoms with Crippen molar-refractivity contribution in [3.8, 4) is 5.88 Å². The molecular formula is C10H14ClN3O. The first kappa shape index (κ1) is 10.5. The lowest BCUT2D eigenvalue weighted by Crippen LogP contribution is -2.20. The number of aromatic nitrogens is 2. The molecule has 0 spiro atoms. The first-order valence-corrected chi connectivity index (χ1v) is 5.58. The van der Waals surface area contributed by atoms with Gasteiger partial charge in [0.25, 0.3) is 0 Å². The predicted octanol–water partition coefficient (Wildman–Crippen LogP) is 2.42. The number of rotatable bonds is 2. The summed E-state index contributed by atoms with van der Waals surface area (Å²) in [5.41, 5.74) is 5.56. The summed E-state index contributed by atoms with van der Waals surface area (Å²) < 4.78 is 5.70. The van der Waals surface area contributed by atoms with Gasteiger partial charge in [0.1, 0.15) is 23.3 Å². The van der Waals surface area contributed by atoms with Gasteiger partial charge in [0, 0.05) is 0 Å². The molecular weight excluding hydrogens is 214 g/mol. The zero-order valence-corrected chi connectivity index (χ0v) is 9.20. The fourth-order valence-electron chi connectivity index (χ4n) is 1.79. The number of nitrogen functional groups attached to an aromatic ring is 1. The summed E-state index contributed by atoms with van der Waals surface area (Å²) in [6.45, 7) is 0. The van der Waals surface area contributed by atoms with E-state index in [4.69, 9.17) is 22.1 Å². The lowest BCUT2D eigenvalue weighted by Gasteiger charge is -2.22. The second kappa shape index (κ2) is 4.66. The quantitative estimate of drug-likeness (QED) is 0.843. The highest BCUT2D eigenvalue weighted by Gasteiger charge is 2.17. The molecule has 0 aliphatic heterocycles. The normalized spacial score (nSPS) is 17.7. The Morgan fingerprint density at radius 2 is 2.00 bits per heavy atom. The second-order valence-corrected chi connectivity index (χ2v) is 4.13. The van der Waals surface area contributed by atoms with Crippen LogP contribution in [-0.4, -0.2) is 16.1 Å². The van der Waals surface area contributed by atoms with Crippen molar-refractivity contribution in [3.63, 3.8) is 0 Å². The maximum absolute atomic E-state index is 5.94. The van der Waals surface area contributed by atoms with Crippen LogP contribution in [-0.2, 0) is 0 Å². The minimum atomic E-state index is 0.227. The van der Waals surface area contributed by atoms with Crippen LogP contribution < -0.4 is 10.5 Å². The van der Waals surface area contributed by atoms with E-state index in [1.165, 1.54) is 25.6 Å². The highest BCUT2D eigenvalue weighted by molar-refractivity contribution is 6.33. The molecule has 0 atom stereocenters. The predicted molar refractivity (Wildman–Crippen MR) is 59.0 cm³/mol. The standard InChI is InChI=1S/C10H14ClN3O/c11-8-9(12)13-6-14-10(8)15-7-4-2-1-3-5-7/h6-7H,1-5H2,(H2,12,13,14). The van der Waals surface area contributed by atoms with Gasteiger partial charge in [0.05, 0.1) is 0 Å². The second-order valence-electron chi connectivity index (χ2n) is 3.76. The molecule has 0 bridgehead atoms. The molecule has 4 nitrogen and oxygen atoms in total. The number of nitrogens with two attached hydrogens (primary N) is 1. The molecule has 1 aliphatic rings. The number of anilines is 1. The summed E-state index contributed by atoms with van der Waals surface area (Å²) >= 11 is 5.94. The lowest BCUT2D eigenvalue weighted by atomic mass is 9.98. The van der Waals surface area contributed by atoms with Crippen molar-refractivity contribution in [1.82, 2.24) is 9.97 Å². The topological polar surface area (TPSA) is 61.0 Å². The van der Waals surface area contributed by atoms with E-state index >= 15 is 0 Å². The van der Waals surface area contributed by atoms with Gasteiger partial charge in [-0.25, -0.2) is 9.97 Å². The van der Waals surface area contributed by atoms with Crippen LogP contribution in [0.5, 0.6) is 5.88 Å². The van der Waals surface area contributed by atoms with E-state index in [2.05, 4.69) is 9.97 Å². The van der Waals surface area contributed by atoms with E-state index in [-0.39, 0.29) is 11.9 Å². The first-order valence-electron chi connectivity index (χ1n) is 5.20. The minimum Gasteiger partial charge on any atom is -0.473 e. The van der Waals surface area contributed by atoms with Crippen molar-refractivity contribution in [2.45, 2.75) is 38.2 Å². The average Bonchev–Trinajstić information content (AvgIpc) is 2.26. The summed E-state index contributed by atoms with van der Waals surface area (Å²) in [6, 6.07) is 0. The molecule has 1 heterocycles. The van der Waals surface area contributed by atoms with Crippen molar-refractivity contribution < 1.29 is 4.74 Å². The molecule has 1 saturated carbocycles. The van der Waals surface area contributed by atoms with Crippen LogP contribution >= 0.6 is 11.6 Å². The van der Waals surface area contributed by atoms with Crippen LogP contribution in [0.3, 0.4) is 0 Å². The Morgan fingerprint density at radius 3 is 2.73 bits per heavy atom. The van der Waals surface area contributed by atoms with Gasteiger partial charge in [-0.15, -0.1) is 0 Å². The van der Waals surface area contributed by atoms with E-state index in [0.29, 0.717) is 10.9 Å². The fourth-order valence-corrected chi connectivity index (χ4v) is 1.93. The van der Waals surface area contributed by atoms with Crippen LogP contribution in [0.1, 0.15) is 32.1 Å². The Balaban J connectivity index is 2.06. The minimum absolute atomic E-state index is 0.227. The Hall–Kier alpha value is -1.03. The molecule has 1 aliphatic carbocycles. The van der Waals surface area contributed by atoms with E-state index in [1.807, 2.05) is 0 Å². The van der Waals surface area contributed by atoms with Crippen molar-refractivity contribution in [2.75, 3.05) is 5.73 Å². The maximum Gasteiger partial charge on any atom is 0.238 e. The third-order valence-electron chi connectivity index (χ3n) is 2.61. The zero-order valence-electron chi connectivity index (χ0n) is 8.45. The van der Waals surface area contributed by atoms with Crippen LogP contribution in [0.4, 0.5) is 5.82 Å². The van der Waals surface area contributed by atoms with Crippen molar-refractivity contribution in [2.24, 2.45) is 0 Å². The van der Waals surface area contributed by atoms with Crippen molar-refractivity contribution in [3.05, 3.63) is 11.3 Å². The molecule has 5 heteroatoms. The molecule has 0 aromatic carbocycles. The number of hydrogen-bond donors (Lipinski definition) is 1. The maximum atomic E-state index is 5.94. The fraction of sp³-hybridized carbons (Fsp3) is 0.600. The van der Waals surface area contributed by atoms with Crippen molar-refractivity contribution in [1.29, 1.82) is 0 Å². The van der Waals surface area contributed by atoms with Gasteiger partial charge in [0.2, 0.25) is 5.88 Å². The SMILES string of the molecule is Nc1ncnc(OC2CCCCC2)c1Cl. The van der Waals surface area contributed by atoms with Gasteiger partial charge in [0.15, 0.2) is 0 Å². The molecule has 1 aromatic rings. The van der Waals surface area contributed by atoms with Gasteiger partial charge in [-0.1, -0.05) is 18.0 Å².